The third-order valence-corrected chi connectivity index (χ3v) is 5.13. The molecule has 19 heavy (non-hydrogen) atoms. The van der Waals surface area contributed by atoms with Crippen LogP contribution in [0.1, 0.15) is 31.4 Å². The van der Waals surface area contributed by atoms with Gasteiger partial charge in [-0.25, -0.2) is 0 Å². The van der Waals surface area contributed by atoms with Gasteiger partial charge in [0.2, 0.25) is 0 Å². The summed E-state index contributed by atoms with van der Waals surface area (Å²) in [5, 5.41) is 3.64. The first-order chi connectivity index (χ1) is 9.20. The second-order valence-electron chi connectivity index (χ2n) is 4.93. The molecule has 0 bridgehead atoms. The van der Waals surface area contributed by atoms with Gasteiger partial charge in [0.15, 0.2) is 0 Å². The molecule has 1 aromatic rings. The normalized spacial score (nSPS) is 27.2. The van der Waals surface area contributed by atoms with E-state index in [9.17, 15) is 4.79 Å². The monoisotopic (exact) mass is 283 g/mol. The van der Waals surface area contributed by atoms with Gasteiger partial charge < -0.3 is 14.5 Å². The first-order valence-corrected chi connectivity index (χ1v) is 7.66. The molecule has 2 atom stereocenters. The molecule has 1 fully saturated rings. The van der Waals surface area contributed by atoms with Crippen molar-refractivity contribution in [3.8, 4) is 0 Å². The van der Waals surface area contributed by atoms with Gasteiger partial charge in [-0.15, -0.1) is 0 Å². The maximum Gasteiger partial charge on any atom is 0.326 e. The fraction of sp³-hybridized carbons (Fsp3) is 0.643. The molecule has 1 aromatic heterocycles. The first-order valence-electron chi connectivity index (χ1n) is 6.61. The molecular formula is C14H21NO3S. The summed E-state index contributed by atoms with van der Waals surface area (Å²) in [6.45, 7) is 0. The number of likely N-dealkylation sites (N-methyl/N-ethyl adjacent to an activating group) is 1. The molecule has 1 N–H and O–H groups in total. The number of furan rings is 1. The van der Waals surface area contributed by atoms with Crippen LogP contribution in [-0.4, -0.2) is 30.9 Å². The van der Waals surface area contributed by atoms with Crippen molar-refractivity contribution in [2.45, 2.75) is 42.2 Å². The molecule has 5 heteroatoms. The van der Waals surface area contributed by atoms with E-state index in [1.165, 1.54) is 7.11 Å². The van der Waals surface area contributed by atoms with E-state index in [4.69, 9.17) is 9.15 Å². The quantitative estimate of drug-likeness (QED) is 0.842. The topological polar surface area (TPSA) is 51.5 Å². The Labute approximate surface area is 118 Å². The molecule has 0 aromatic carbocycles. The maximum atomic E-state index is 12.0. The molecule has 0 amide bonds. The highest BCUT2D eigenvalue weighted by Crippen LogP contribution is 2.36. The molecule has 1 aliphatic rings. The zero-order valence-electron chi connectivity index (χ0n) is 11.5. The van der Waals surface area contributed by atoms with E-state index in [1.54, 1.807) is 6.26 Å². The molecule has 2 rings (SSSR count). The molecule has 4 nitrogen and oxygen atoms in total. The Hall–Kier alpha value is -0.940. The summed E-state index contributed by atoms with van der Waals surface area (Å²) < 4.78 is 10.3. The van der Waals surface area contributed by atoms with E-state index in [-0.39, 0.29) is 5.97 Å². The van der Waals surface area contributed by atoms with Gasteiger partial charge in [0.25, 0.3) is 0 Å². The lowest BCUT2D eigenvalue weighted by atomic mass is 9.81. The fourth-order valence-corrected chi connectivity index (χ4v) is 3.97. The van der Waals surface area contributed by atoms with Crippen LogP contribution in [0.25, 0.3) is 0 Å². The minimum absolute atomic E-state index is 0.140. The number of carbonyl (C=O) groups is 1. The third-order valence-electron chi connectivity index (χ3n) is 3.80. The summed E-state index contributed by atoms with van der Waals surface area (Å²) in [6, 6.07) is 3.89. The number of methoxy groups -OCH3 is 1. The number of esters is 1. The zero-order valence-corrected chi connectivity index (χ0v) is 12.3. The van der Waals surface area contributed by atoms with Crippen LogP contribution in [0.15, 0.2) is 22.8 Å². The highest BCUT2D eigenvalue weighted by Gasteiger charge is 2.42. The number of ether oxygens (including phenoxy) is 1. The summed E-state index contributed by atoms with van der Waals surface area (Å²) >= 11 is 1.86. The lowest BCUT2D eigenvalue weighted by molar-refractivity contribution is -0.149. The van der Waals surface area contributed by atoms with E-state index >= 15 is 0 Å². The highest BCUT2D eigenvalue weighted by molar-refractivity contribution is 7.99. The summed E-state index contributed by atoms with van der Waals surface area (Å²) in [5.41, 5.74) is -0.506. The number of hydrogen-bond acceptors (Lipinski definition) is 5. The molecule has 0 aliphatic heterocycles. The number of carbonyl (C=O) groups excluding carboxylic acids is 1. The van der Waals surface area contributed by atoms with Crippen molar-refractivity contribution in [3.63, 3.8) is 0 Å². The average Bonchev–Trinajstić information content (AvgIpc) is 2.97. The van der Waals surface area contributed by atoms with Crippen LogP contribution < -0.4 is 5.32 Å². The van der Waals surface area contributed by atoms with Gasteiger partial charge in [-0.3, -0.25) is 4.79 Å². The maximum absolute atomic E-state index is 12.0. The second kappa shape index (κ2) is 6.48. The van der Waals surface area contributed by atoms with Crippen LogP contribution in [0.3, 0.4) is 0 Å². The third kappa shape index (κ3) is 3.34. The van der Waals surface area contributed by atoms with Crippen LogP contribution >= 0.6 is 11.8 Å². The van der Waals surface area contributed by atoms with Crippen LogP contribution in [0.2, 0.25) is 0 Å². The average molecular weight is 283 g/mol. The predicted octanol–water partition coefficient (Wildman–Crippen LogP) is 2.59. The highest BCUT2D eigenvalue weighted by atomic mass is 32.2. The van der Waals surface area contributed by atoms with Crippen molar-refractivity contribution in [1.82, 2.24) is 5.32 Å². The number of hydrogen-bond donors (Lipinski definition) is 1. The number of thioether (sulfide) groups is 1. The van der Waals surface area contributed by atoms with Crippen molar-refractivity contribution in [2.24, 2.45) is 0 Å². The van der Waals surface area contributed by atoms with Gasteiger partial charge in [0.05, 0.1) is 19.1 Å². The molecule has 1 heterocycles. The van der Waals surface area contributed by atoms with Gasteiger partial charge >= 0.3 is 5.97 Å². The lowest BCUT2D eigenvalue weighted by Gasteiger charge is -2.38. The lowest BCUT2D eigenvalue weighted by Crippen LogP contribution is -2.54. The van der Waals surface area contributed by atoms with Crippen molar-refractivity contribution in [1.29, 1.82) is 0 Å². The molecular weight excluding hydrogens is 262 g/mol. The van der Waals surface area contributed by atoms with Gasteiger partial charge in [0.1, 0.15) is 11.3 Å². The van der Waals surface area contributed by atoms with Gasteiger partial charge in [-0.1, -0.05) is 0 Å². The molecule has 106 valence electrons. The minimum Gasteiger partial charge on any atom is -0.468 e. The molecule has 1 aliphatic carbocycles. The van der Waals surface area contributed by atoms with Crippen molar-refractivity contribution < 1.29 is 13.9 Å². The summed E-state index contributed by atoms with van der Waals surface area (Å²) in [5.74, 6) is 1.71. The Morgan fingerprint density at radius 2 is 2.53 bits per heavy atom. The largest absolute Gasteiger partial charge is 0.468 e. The Morgan fingerprint density at radius 1 is 1.68 bits per heavy atom. The van der Waals surface area contributed by atoms with Crippen LogP contribution in [0, 0.1) is 0 Å². The predicted molar refractivity (Wildman–Crippen MR) is 76.1 cm³/mol. The Morgan fingerprint density at radius 3 is 3.16 bits per heavy atom. The van der Waals surface area contributed by atoms with E-state index < -0.39 is 5.54 Å². The van der Waals surface area contributed by atoms with Gasteiger partial charge in [0, 0.05) is 5.25 Å². The standard InChI is InChI=1S/C14H21NO3S/c1-15-14(13(16)17-2)7-3-6-12(9-14)19-10-11-5-4-8-18-11/h4-5,8,12,15H,3,6-7,9-10H2,1-2H3. The molecule has 0 saturated heterocycles. The van der Waals surface area contributed by atoms with Crippen LogP contribution in [0.5, 0.6) is 0 Å². The molecule has 0 radical (unpaired) electrons. The van der Waals surface area contributed by atoms with Crippen molar-refractivity contribution in [2.75, 3.05) is 14.2 Å². The smallest absolute Gasteiger partial charge is 0.326 e. The second-order valence-corrected chi connectivity index (χ2v) is 6.22. The van der Waals surface area contributed by atoms with E-state index in [2.05, 4.69) is 5.32 Å². The summed E-state index contributed by atoms with van der Waals surface area (Å²) in [4.78, 5) is 12.0. The Bertz CT molecular complexity index is 407. The summed E-state index contributed by atoms with van der Waals surface area (Å²) in [7, 11) is 3.30. The Kier molecular flexibility index (Phi) is 4.93. The Balaban J connectivity index is 1.94. The number of rotatable bonds is 5. The fourth-order valence-electron chi connectivity index (χ4n) is 2.67. The van der Waals surface area contributed by atoms with E-state index in [1.807, 2.05) is 30.9 Å². The van der Waals surface area contributed by atoms with Gasteiger partial charge in [-0.05, 0) is 44.9 Å². The van der Waals surface area contributed by atoms with E-state index in [0.717, 1.165) is 37.2 Å². The molecule has 1 saturated carbocycles. The number of nitrogens with one attached hydrogen (secondary N) is 1. The minimum atomic E-state index is -0.506. The molecule has 0 spiro atoms. The SMILES string of the molecule is CNC1(C(=O)OC)CCCC(SCc2ccco2)C1. The molecule has 2 unspecified atom stereocenters. The first kappa shape index (κ1) is 14.5. The zero-order chi connectivity index (χ0) is 13.7. The van der Waals surface area contributed by atoms with Gasteiger partial charge in [-0.2, -0.15) is 11.8 Å². The van der Waals surface area contributed by atoms with Crippen LogP contribution in [-0.2, 0) is 15.3 Å². The summed E-state index contributed by atoms with van der Waals surface area (Å²) in [6.07, 6.45) is 5.57. The van der Waals surface area contributed by atoms with E-state index in [0.29, 0.717) is 5.25 Å². The van der Waals surface area contributed by atoms with Crippen molar-refractivity contribution in [3.05, 3.63) is 24.2 Å². The van der Waals surface area contributed by atoms with Crippen LogP contribution in [0.4, 0.5) is 0 Å². The van der Waals surface area contributed by atoms with Crippen molar-refractivity contribution >= 4 is 17.7 Å².